The van der Waals surface area contributed by atoms with Crippen LogP contribution in [0.5, 0.6) is 0 Å². The summed E-state index contributed by atoms with van der Waals surface area (Å²) in [6.07, 6.45) is 1.03. The van der Waals surface area contributed by atoms with E-state index < -0.39 is 22.1 Å². The molecule has 2 N–H and O–H groups in total. The van der Waals surface area contributed by atoms with Gasteiger partial charge in [-0.1, -0.05) is 12.5 Å². The summed E-state index contributed by atoms with van der Waals surface area (Å²) in [6, 6.07) is -0.660. The molecule has 5 nitrogen and oxygen atoms in total. The lowest BCUT2D eigenvalue weighted by atomic mass is 10.3. The third-order valence-corrected chi connectivity index (χ3v) is 1.32. The van der Waals surface area contributed by atoms with E-state index in [1.54, 1.807) is 5.25 Å². The van der Waals surface area contributed by atoms with Crippen LogP contribution in [-0.4, -0.2) is 24.9 Å². The molecule has 6 heteroatoms. The Morgan fingerprint density at radius 3 is 2.62 bits per heavy atom. The van der Waals surface area contributed by atoms with Gasteiger partial charge in [0, 0.05) is 0 Å². The second-order valence-electron chi connectivity index (χ2n) is 2.16. The van der Waals surface area contributed by atoms with Gasteiger partial charge in [0.05, 0.1) is 11.3 Å². The molecule has 0 heterocycles. The molecular formula is C7H9NO4S. The molecule has 0 aliphatic rings. The maximum absolute atomic E-state index is 10.6. The predicted octanol–water partition coefficient (Wildman–Crippen LogP) is -0.474. The van der Waals surface area contributed by atoms with Crippen molar-refractivity contribution >= 4 is 16.0 Å². The summed E-state index contributed by atoms with van der Waals surface area (Å²) < 4.78 is 28.5. The van der Waals surface area contributed by atoms with Gasteiger partial charge in [0.2, 0.25) is 5.91 Å². The maximum Gasteiger partial charge on any atom is 0.335 e. The summed E-state index contributed by atoms with van der Waals surface area (Å²) in [4.78, 5) is 10.6. The molecule has 0 saturated carbocycles. The molecule has 0 spiro atoms. The van der Waals surface area contributed by atoms with Gasteiger partial charge in [-0.3, -0.25) is 9.35 Å². The number of hydrogen-bond donors (Lipinski definition) is 2. The van der Waals surface area contributed by atoms with Gasteiger partial charge in [-0.05, 0) is 13.0 Å². The molecule has 0 radical (unpaired) electrons. The molecule has 0 bridgehead atoms. The maximum atomic E-state index is 10.6. The molecule has 0 fully saturated rings. The highest BCUT2D eigenvalue weighted by Crippen LogP contribution is 1.81. The SMILES string of the molecule is C=CC(=O)NC(C)C#CS(=O)(=O)O. The molecule has 1 atom stereocenters. The number of nitrogens with one attached hydrogen (secondary N) is 1. The summed E-state index contributed by atoms with van der Waals surface area (Å²) in [7, 11) is -4.30. The Labute approximate surface area is 76.6 Å². The highest BCUT2D eigenvalue weighted by Gasteiger charge is 2.01. The molecule has 0 aromatic carbocycles. The van der Waals surface area contributed by atoms with Gasteiger partial charge in [-0.15, -0.1) is 0 Å². The van der Waals surface area contributed by atoms with E-state index >= 15 is 0 Å². The van der Waals surface area contributed by atoms with Gasteiger partial charge in [-0.2, -0.15) is 8.42 Å². The zero-order valence-corrected chi connectivity index (χ0v) is 7.76. The fourth-order valence-electron chi connectivity index (χ4n) is 0.471. The third kappa shape index (κ3) is 7.05. The number of rotatable bonds is 2. The van der Waals surface area contributed by atoms with Crippen LogP contribution in [-0.2, 0) is 14.9 Å². The smallest absolute Gasteiger partial charge is 0.335 e. The minimum absolute atomic E-state index is 0.461. The second kappa shape index (κ2) is 4.64. The lowest BCUT2D eigenvalue weighted by Gasteiger charge is -2.02. The second-order valence-corrected chi connectivity index (χ2v) is 3.31. The highest BCUT2D eigenvalue weighted by atomic mass is 32.2. The largest absolute Gasteiger partial charge is 0.339 e. The van der Waals surface area contributed by atoms with Crippen molar-refractivity contribution in [2.45, 2.75) is 13.0 Å². The lowest BCUT2D eigenvalue weighted by molar-refractivity contribution is -0.116. The summed E-state index contributed by atoms with van der Waals surface area (Å²) in [6.45, 7) is 4.67. The standard InChI is InChI=1S/C7H9NO4S/c1-3-7(9)8-6(2)4-5-13(10,11)12/h3,6H,1H2,2H3,(H,8,9)(H,10,11,12). The molecule has 0 aromatic heterocycles. The van der Waals surface area contributed by atoms with Crippen LogP contribution in [0.25, 0.3) is 0 Å². The van der Waals surface area contributed by atoms with Crippen LogP contribution in [0.2, 0.25) is 0 Å². The summed E-state index contributed by atoms with van der Waals surface area (Å²) >= 11 is 0. The van der Waals surface area contributed by atoms with Crippen LogP contribution in [0, 0.1) is 11.2 Å². The Morgan fingerprint density at radius 1 is 1.69 bits per heavy atom. The molecule has 0 saturated heterocycles. The molecule has 1 unspecified atom stereocenters. The molecule has 13 heavy (non-hydrogen) atoms. The quantitative estimate of drug-likeness (QED) is 0.361. The molecular weight excluding hydrogens is 194 g/mol. The van der Waals surface area contributed by atoms with Crippen molar-refractivity contribution in [3.8, 4) is 11.2 Å². The van der Waals surface area contributed by atoms with Crippen molar-refractivity contribution in [3.63, 3.8) is 0 Å². The molecule has 0 aliphatic heterocycles. The zero-order valence-electron chi connectivity index (χ0n) is 6.94. The van der Waals surface area contributed by atoms with E-state index in [1.165, 1.54) is 6.92 Å². The van der Waals surface area contributed by atoms with Crippen molar-refractivity contribution in [3.05, 3.63) is 12.7 Å². The first-order valence-corrected chi connectivity index (χ1v) is 4.72. The van der Waals surface area contributed by atoms with E-state index in [1.807, 2.05) is 0 Å². The van der Waals surface area contributed by atoms with Gasteiger partial charge < -0.3 is 5.32 Å². The van der Waals surface area contributed by atoms with Crippen molar-refractivity contribution in [2.75, 3.05) is 0 Å². The Morgan fingerprint density at radius 2 is 2.23 bits per heavy atom. The van der Waals surface area contributed by atoms with E-state index in [-0.39, 0.29) is 0 Å². The number of hydrogen-bond acceptors (Lipinski definition) is 3. The number of carbonyl (C=O) groups excluding carboxylic acids is 1. The Balaban J connectivity index is 4.29. The normalized spacial score (nSPS) is 12.2. The van der Waals surface area contributed by atoms with Crippen LogP contribution in [0.1, 0.15) is 6.92 Å². The third-order valence-electron chi connectivity index (χ3n) is 0.949. The van der Waals surface area contributed by atoms with E-state index in [4.69, 9.17) is 4.55 Å². The van der Waals surface area contributed by atoms with Crippen LogP contribution < -0.4 is 5.32 Å². The fourth-order valence-corrected chi connectivity index (χ4v) is 0.797. The number of carbonyl (C=O) groups is 1. The minimum atomic E-state index is -4.30. The van der Waals surface area contributed by atoms with Gasteiger partial charge in [-0.25, -0.2) is 0 Å². The topological polar surface area (TPSA) is 83.5 Å². The van der Waals surface area contributed by atoms with Gasteiger partial charge in [0.15, 0.2) is 0 Å². The molecule has 72 valence electrons. The lowest BCUT2D eigenvalue weighted by Crippen LogP contribution is -2.29. The van der Waals surface area contributed by atoms with Gasteiger partial charge >= 0.3 is 10.1 Å². The van der Waals surface area contributed by atoms with Gasteiger partial charge in [0.1, 0.15) is 0 Å². The zero-order chi connectivity index (χ0) is 10.5. The van der Waals surface area contributed by atoms with Gasteiger partial charge in [0.25, 0.3) is 0 Å². The summed E-state index contributed by atoms with van der Waals surface area (Å²) in [5, 5.41) is 3.88. The summed E-state index contributed by atoms with van der Waals surface area (Å²) in [5.41, 5.74) is 0. The molecule has 0 rings (SSSR count). The number of amides is 1. The summed E-state index contributed by atoms with van der Waals surface area (Å²) in [5.74, 6) is 1.66. The first-order chi connectivity index (χ1) is 5.85. The Bertz CT molecular complexity index is 360. The molecule has 0 aliphatic carbocycles. The Hall–Kier alpha value is -1.32. The van der Waals surface area contributed by atoms with E-state index in [0.29, 0.717) is 0 Å². The van der Waals surface area contributed by atoms with E-state index in [9.17, 15) is 13.2 Å². The van der Waals surface area contributed by atoms with Crippen LogP contribution >= 0.6 is 0 Å². The molecule has 0 aromatic rings. The van der Waals surface area contributed by atoms with Crippen LogP contribution in [0.4, 0.5) is 0 Å². The van der Waals surface area contributed by atoms with Crippen molar-refractivity contribution in [1.82, 2.24) is 5.32 Å². The van der Waals surface area contributed by atoms with E-state index in [0.717, 1.165) is 6.08 Å². The van der Waals surface area contributed by atoms with Crippen molar-refractivity contribution in [1.29, 1.82) is 0 Å². The average Bonchev–Trinajstić information content (AvgIpc) is 1.99. The molecule has 1 amide bonds. The highest BCUT2D eigenvalue weighted by molar-refractivity contribution is 7.90. The first kappa shape index (κ1) is 11.7. The predicted molar refractivity (Wildman–Crippen MR) is 47.1 cm³/mol. The van der Waals surface area contributed by atoms with E-state index in [2.05, 4.69) is 17.8 Å². The monoisotopic (exact) mass is 203 g/mol. The average molecular weight is 203 g/mol. The van der Waals surface area contributed by atoms with Crippen LogP contribution in [0.3, 0.4) is 0 Å². The van der Waals surface area contributed by atoms with Crippen LogP contribution in [0.15, 0.2) is 12.7 Å². The fraction of sp³-hybridized carbons (Fsp3) is 0.286. The van der Waals surface area contributed by atoms with Crippen molar-refractivity contribution < 1.29 is 17.8 Å². The Kier molecular flexibility index (Phi) is 4.17. The first-order valence-electron chi connectivity index (χ1n) is 3.28. The van der Waals surface area contributed by atoms with Crippen molar-refractivity contribution in [2.24, 2.45) is 0 Å². The minimum Gasteiger partial charge on any atom is -0.339 e.